The van der Waals surface area contributed by atoms with Crippen molar-refractivity contribution in [2.75, 3.05) is 25.0 Å². The van der Waals surface area contributed by atoms with Crippen molar-refractivity contribution in [2.45, 2.75) is 45.1 Å². The summed E-state index contributed by atoms with van der Waals surface area (Å²) in [5.74, 6) is -0.0484. The highest BCUT2D eigenvalue weighted by atomic mass is 16.1. The van der Waals surface area contributed by atoms with Gasteiger partial charge >= 0.3 is 0 Å². The average molecular weight is 301 g/mol. The first-order valence-electron chi connectivity index (χ1n) is 8.52. The highest BCUT2D eigenvalue weighted by Gasteiger charge is 2.25. The van der Waals surface area contributed by atoms with E-state index in [-0.39, 0.29) is 11.8 Å². The van der Waals surface area contributed by atoms with Crippen molar-refractivity contribution < 1.29 is 4.79 Å². The molecule has 1 saturated heterocycles. The van der Waals surface area contributed by atoms with Crippen LogP contribution in [0.25, 0.3) is 0 Å². The van der Waals surface area contributed by atoms with E-state index in [9.17, 15) is 4.79 Å². The molecule has 1 aromatic rings. The molecule has 1 aromatic carbocycles. The van der Waals surface area contributed by atoms with Crippen LogP contribution < -0.4 is 11.1 Å². The summed E-state index contributed by atoms with van der Waals surface area (Å²) in [6.45, 7) is 5.36. The number of nitrogens with zero attached hydrogens (tertiary/aromatic N) is 1. The van der Waals surface area contributed by atoms with Crippen LogP contribution in [-0.4, -0.2) is 36.5 Å². The molecule has 0 saturated carbocycles. The first kappa shape index (κ1) is 15.3. The molecule has 0 aromatic heterocycles. The lowest BCUT2D eigenvalue weighted by Crippen LogP contribution is -2.43. The summed E-state index contributed by atoms with van der Waals surface area (Å²) in [7, 11) is 0. The molecule has 0 radical (unpaired) electrons. The van der Waals surface area contributed by atoms with E-state index in [0.29, 0.717) is 6.04 Å². The van der Waals surface area contributed by atoms with Gasteiger partial charge in [0.05, 0.1) is 0 Å². The molecule has 3 rings (SSSR count). The molecule has 4 nitrogen and oxygen atoms in total. The fraction of sp³-hybridized carbons (Fsp3) is 0.611. The maximum Gasteiger partial charge on any atom is 0.220 e. The molecule has 22 heavy (non-hydrogen) atoms. The van der Waals surface area contributed by atoms with E-state index in [4.69, 9.17) is 5.73 Å². The highest BCUT2D eigenvalue weighted by Crippen LogP contribution is 2.25. The number of nitrogens with one attached hydrogen (secondary N) is 1. The Hall–Kier alpha value is -1.55. The third kappa shape index (κ3) is 3.43. The first-order chi connectivity index (χ1) is 10.6. The maximum absolute atomic E-state index is 11.3. The van der Waals surface area contributed by atoms with E-state index in [1.54, 1.807) is 0 Å². The van der Waals surface area contributed by atoms with Gasteiger partial charge in [0.2, 0.25) is 5.91 Å². The highest BCUT2D eigenvalue weighted by molar-refractivity contribution is 5.76. The molecule has 2 heterocycles. The number of likely N-dealkylation sites (tertiary alicyclic amines) is 1. The van der Waals surface area contributed by atoms with Gasteiger partial charge in [0, 0.05) is 24.2 Å². The number of hydrogen-bond acceptors (Lipinski definition) is 3. The van der Waals surface area contributed by atoms with Crippen molar-refractivity contribution in [1.82, 2.24) is 4.90 Å². The summed E-state index contributed by atoms with van der Waals surface area (Å²) in [5, 5.41) is 3.47. The quantitative estimate of drug-likeness (QED) is 0.896. The van der Waals surface area contributed by atoms with Crippen molar-refractivity contribution in [3.05, 3.63) is 29.3 Å². The van der Waals surface area contributed by atoms with Gasteiger partial charge in [-0.15, -0.1) is 0 Å². The molecule has 1 amide bonds. The van der Waals surface area contributed by atoms with Gasteiger partial charge in [-0.05, 0) is 69.3 Å². The fourth-order valence-electron chi connectivity index (χ4n) is 3.75. The van der Waals surface area contributed by atoms with Gasteiger partial charge in [-0.2, -0.15) is 0 Å². The van der Waals surface area contributed by atoms with Crippen LogP contribution in [0.5, 0.6) is 0 Å². The molecule has 2 aliphatic rings. The topological polar surface area (TPSA) is 58.4 Å². The van der Waals surface area contributed by atoms with Crippen LogP contribution in [0.15, 0.2) is 18.2 Å². The van der Waals surface area contributed by atoms with Gasteiger partial charge < -0.3 is 16.0 Å². The minimum Gasteiger partial charge on any atom is -0.385 e. The summed E-state index contributed by atoms with van der Waals surface area (Å²) in [6, 6.07) is 7.37. The van der Waals surface area contributed by atoms with Crippen molar-refractivity contribution in [2.24, 2.45) is 11.7 Å². The maximum atomic E-state index is 11.3. The molecule has 0 bridgehead atoms. The number of piperidine rings is 1. The van der Waals surface area contributed by atoms with E-state index in [2.05, 4.69) is 35.3 Å². The number of fused-ring (bicyclic) bond motifs is 1. The summed E-state index contributed by atoms with van der Waals surface area (Å²) in [4.78, 5) is 13.8. The van der Waals surface area contributed by atoms with Gasteiger partial charge in [0.25, 0.3) is 0 Å². The molecular formula is C18H27N3O. The molecule has 2 aliphatic heterocycles. The molecule has 1 fully saturated rings. The molecule has 3 N–H and O–H groups in total. The smallest absolute Gasteiger partial charge is 0.220 e. The number of hydrogen-bond donors (Lipinski definition) is 2. The van der Waals surface area contributed by atoms with Crippen LogP contribution in [-0.2, 0) is 17.6 Å². The van der Waals surface area contributed by atoms with E-state index in [0.717, 1.165) is 38.9 Å². The van der Waals surface area contributed by atoms with Crippen LogP contribution in [0, 0.1) is 5.92 Å². The SMILES string of the molecule is CC(Cc1ccc2c(c1)CCCN2)N1CCC(C(N)=O)CC1. The van der Waals surface area contributed by atoms with E-state index < -0.39 is 0 Å². The average Bonchev–Trinajstić information content (AvgIpc) is 2.55. The Morgan fingerprint density at radius 3 is 2.91 bits per heavy atom. The molecular weight excluding hydrogens is 274 g/mol. The number of anilines is 1. The molecule has 0 aliphatic carbocycles. The molecule has 120 valence electrons. The first-order valence-corrected chi connectivity index (χ1v) is 8.52. The van der Waals surface area contributed by atoms with Gasteiger partial charge in [-0.25, -0.2) is 0 Å². The third-order valence-electron chi connectivity index (χ3n) is 5.19. The van der Waals surface area contributed by atoms with Crippen molar-refractivity contribution >= 4 is 11.6 Å². The van der Waals surface area contributed by atoms with Gasteiger partial charge in [-0.1, -0.05) is 12.1 Å². The Morgan fingerprint density at radius 2 is 2.18 bits per heavy atom. The van der Waals surface area contributed by atoms with Crippen molar-refractivity contribution in [3.8, 4) is 0 Å². The van der Waals surface area contributed by atoms with Gasteiger partial charge in [-0.3, -0.25) is 4.79 Å². The van der Waals surface area contributed by atoms with Crippen LogP contribution in [0.4, 0.5) is 5.69 Å². The van der Waals surface area contributed by atoms with Gasteiger partial charge in [0.1, 0.15) is 0 Å². The number of aryl methyl sites for hydroxylation is 1. The number of primary amides is 1. The number of nitrogens with two attached hydrogens (primary N) is 1. The largest absolute Gasteiger partial charge is 0.385 e. The van der Waals surface area contributed by atoms with E-state index in [1.165, 1.54) is 29.7 Å². The van der Waals surface area contributed by atoms with Crippen molar-refractivity contribution in [1.29, 1.82) is 0 Å². The Kier molecular flexibility index (Phi) is 4.67. The number of amides is 1. The van der Waals surface area contributed by atoms with E-state index in [1.807, 2.05) is 0 Å². The Bertz CT molecular complexity index is 535. The summed E-state index contributed by atoms with van der Waals surface area (Å²) in [5.41, 5.74) is 9.61. The third-order valence-corrected chi connectivity index (χ3v) is 5.19. The van der Waals surface area contributed by atoms with Crippen LogP contribution in [0.1, 0.15) is 37.3 Å². The lowest BCUT2D eigenvalue weighted by atomic mass is 9.93. The lowest BCUT2D eigenvalue weighted by molar-refractivity contribution is -0.123. The second-order valence-corrected chi connectivity index (χ2v) is 6.79. The summed E-state index contributed by atoms with van der Waals surface area (Å²) >= 11 is 0. The zero-order chi connectivity index (χ0) is 15.5. The predicted molar refractivity (Wildman–Crippen MR) is 89.9 cm³/mol. The van der Waals surface area contributed by atoms with Crippen LogP contribution >= 0.6 is 0 Å². The monoisotopic (exact) mass is 301 g/mol. The molecule has 1 atom stereocenters. The second kappa shape index (κ2) is 6.69. The van der Waals surface area contributed by atoms with Crippen molar-refractivity contribution in [3.63, 3.8) is 0 Å². The molecule has 0 spiro atoms. The number of rotatable bonds is 4. The van der Waals surface area contributed by atoms with Crippen LogP contribution in [0.3, 0.4) is 0 Å². The number of benzene rings is 1. The Morgan fingerprint density at radius 1 is 1.41 bits per heavy atom. The predicted octanol–water partition coefficient (Wildman–Crippen LogP) is 2.17. The minimum absolute atomic E-state index is 0.0817. The molecule has 4 heteroatoms. The molecule has 1 unspecified atom stereocenters. The zero-order valence-corrected chi connectivity index (χ0v) is 13.5. The summed E-state index contributed by atoms with van der Waals surface area (Å²) < 4.78 is 0. The Balaban J connectivity index is 1.58. The zero-order valence-electron chi connectivity index (χ0n) is 13.5. The Labute approximate surface area is 133 Å². The summed E-state index contributed by atoms with van der Waals surface area (Å²) in [6.07, 6.45) is 5.32. The minimum atomic E-state index is -0.130. The van der Waals surface area contributed by atoms with Gasteiger partial charge in [0.15, 0.2) is 0 Å². The second-order valence-electron chi connectivity index (χ2n) is 6.79. The van der Waals surface area contributed by atoms with Crippen LogP contribution in [0.2, 0.25) is 0 Å². The standard InChI is InChI=1S/C18H27N3O/c1-13(21-9-6-15(7-10-21)18(19)22)11-14-4-5-17-16(12-14)3-2-8-20-17/h4-5,12-13,15,20H,2-3,6-11H2,1H3,(H2,19,22). The fourth-order valence-corrected chi connectivity index (χ4v) is 3.75. The number of carbonyl (C=O) groups excluding carboxylic acids is 1. The normalized spacial score (nSPS) is 21.0. The number of carbonyl (C=O) groups is 1. The van der Waals surface area contributed by atoms with E-state index >= 15 is 0 Å². The lowest BCUT2D eigenvalue weighted by Gasteiger charge is -2.35.